The average molecular weight is 306 g/mol. The molecule has 0 amide bonds. The first-order valence-electron chi connectivity index (χ1n) is 5.96. The van der Waals surface area contributed by atoms with Crippen molar-refractivity contribution in [3.63, 3.8) is 0 Å². The van der Waals surface area contributed by atoms with Crippen LogP contribution in [0.4, 0.5) is 0 Å². The molecule has 0 spiro atoms. The third-order valence-electron chi connectivity index (χ3n) is 2.86. The van der Waals surface area contributed by atoms with Crippen molar-refractivity contribution in [1.29, 1.82) is 4.78 Å². The third-order valence-corrected chi connectivity index (χ3v) is 4.70. The molecule has 0 radical (unpaired) electrons. The molecule has 110 valence electrons. The summed E-state index contributed by atoms with van der Waals surface area (Å²) >= 11 is 0. The van der Waals surface area contributed by atoms with Crippen LogP contribution in [0.15, 0.2) is 52.4 Å². The first kappa shape index (κ1) is 15.0. The maximum atomic E-state index is 12.6. The first-order valence-corrected chi connectivity index (χ1v) is 7.52. The van der Waals surface area contributed by atoms with E-state index in [0.29, 0.717) is 16.3 Å². The molecule has 0 bridgehead atoms. The van der Waals surface area contributed by atoms with Crippen LogP contribution in [0.2, 0.25) is 0 Å². The van der Waals surface area contributed by atoms with Crippen molar-refractivity contribution >= 4 is 15.7 Å². The van der Waals surface area contributed by atoms with Crippen LogP contribution in [0.5, 0.6) is 5.88 Å². The molecule has 0 aliphatic rings. The lowest BCUT2D eigenvalue weighted by atomic mass is 10.2. The van der Waals surface area contributed by atoms with Crippen LogP contribution < -0.4 is 4.74 Å². The summed E-state index contributed by atoms with van der Waals surface area (Å²) in [6.07, 6.45) is 1.35. The van der Waals surface area contributed by atoms with Crippen molar-refractivity contribution in [1.82, 2.24) is 4.98 Å². The largest absolute Gasteiger partial charge is 0.481 e. The van der Waals surface area contributed by atoms with Crippen molar-refractivity contribution in [2.24, 2.45) is 0 Å². The number of hydrogen-bond acceptors (Lipinski definition) is 6. The van der Waals surface area contributed by atoms with E-state index in [2.05, 4.69) is 9.72 Å². The maximum Gasteiger partial charge on any atom is 0.337 e. The van der Waals surface area contributed by atoms with Gasteiger partial charge >= 0.3 is 5.97 Å². The van der Waals surface area contributed by atoms with Crippen molar-refractivity contribution in [2.45, 2.75) is 9.79 Å². The van der Waals surface area contributed by atoms with E-state index in [1.165, 1.54) is 50.7 Å². The zero-order valence-corrected chi connectivity index (χ0v) is 12.3. The van der Waals surface area contributed by atoms with Crippen LogP contribution in [0.3, 0.4) is 0 Å². The molecule has 7 heteroatoms. The lowest BCUT2D eigenvalue weighted by Gasteiger charge is -2.08. The predicted octanol–water partition coefficient (Wildman–Crippen LogP) is 2.34. The summed E-state index contributed by atoms with van der Waals surface area (Å²) in [5.74, 6) is -0.0980. The van der Waals surface area contributed by atoms with Gasteiger partial charge in [0, 0.05) is 12.3 Å². The average Bonchev–Trinajstić information content (AvgIpc) is 2.54. The summed E-state index contributed by atoms with van der Waals surface area (Å²) in [6, 6.07) is 9.00. The molecule has 1 aromatic heterocycles. The molecule has 0 saturated heterocycles. The topological polar surface area (TPSA) is 89.3 Å². The molecule has 1 N–H and O–H groups in total. The van der Waals surface area contributed by atoms with Gasteiger partial charge in [0.1, 0.15) is 9.73 Å². The van der Waals surface area contributed by atoms with Gasteiger partial charge in [0.15, 0.2) is 0 Å². The zero-order chi connectivity index (χ0) is 15.5. The number of nitrogens with zero attached hydrogens (tertiary/aromatic N) is 1. The summed E-state index contributed by atoms with van der Waals surface area (Å²) in [7, 11) is -0.421. The molecular weight excluding hydrogens is 292 g/mol. The Morgan fingerprint density at radius 3 is 2.19 bits per heavy atom. The lowest BCUT2D eigenvalue weighted by Crippen LogP contribution is -2.04. The van der Waals surface area contributed by atoms with Crippen LogP contribution in [0.25, 0.3) is 0 Å². The van der Waals surface area contributed by atoms with Gasteiger partial charge in [-0.2, -0.15) is 0 Å². The Morgan fingerprint density at radius 1 is 1.10 bits per heavy atom. The van der Waals surface area contributed by atoms with Crippen LogP contribution in [0, 0.1) is 4.78 Å². The highest BCUT2D eigenvalue weighted by atomic mass is 32.2. The number of ether oxygens (including phenoxy) is 2. The molecule has 1 unspecified atom stereocenters. The van der Waals surface area contributed by atoms with E-state index >= 15 is 0 Å². The smallest absolute Gasteiger partial charge is 0.337 e. The Balaban J connectivity index is 2.36. The fourth-order valence-electron chi connectivity index (χ4n) is 1.69. The molecule has 2 aromatic rings. The number of rotatable bonds is 4. The number of methoxy groups -OCH3 is 2. The molecule has 21 heavy (non-hydrogen) atoms. The maximum absolute atomic E-state index is 12.6. The van der Waals surface area contributed by atoms with E-state index in [0.717, 1.165) is 0 Å². The highest BCUT2D eigenvalue weighted by molar-refractivity contribution is 7.92. The fourth-order valence-corrected chi connectivity index (χ4v) is 2.95. The third kappa shape index (κ3) is 3.03. The van der Waals surface area contributed by atoms with E-state index in [-0.39, 0.29) is 4.90 Å². The van der Waals surface area contributed by atoms with E-state index in [9.17, 15) is 9.00 Å². The predicted molar refractivity (Wildman–Crippen MR) is 76.0 cm³/mol. The molecule has 0 aliphatic heterocycles. The van der Waals surface area contributed by atoms with Gasteiger partial charge in [-0.05, 0) is 30.3 Å². The molecule has 1 aromatic carbocycles. The Labute approximate surface area is 122 Å². The van der Waals surface area contributed by atoms with E-state index in [1.54, 1.807) is 6.07 Å². The van der Waals surface area contributed by atoms with E-state index < -0.39 is 15.7 Å². The number of nitrogens with one attached hydrogen (secondary N) is 1. The standard InChI is InChI=1S/C14H14N2O4S/c1-19-13-8-7-12(9-16-13)21(15,18)11-5-3-10(4-6-11)14(17)20-2/h3-9,15H,1-2H3. The minimum absolute atomic E-state index is 0.272. The van der Waals surface area contributed by atoms with Crippen molar-refractivity contribution in [3.8, 4) is 5.88 Å². The molecule has 2 rings (SSSR count). The highest BCUT2D eigenvalue weighted by Gasteiger charge is 2.15. The second kappa shape index (κ2) is 5.92. The number of esters is 1. The Kier molecular flexibility index (Phi) is 4.23. The van der Waals surface area contributed by atoms with Crippen molar-refractivity contribution < 1.29 is 18.5 Å². The molecule has 6 nitrogen and oxygen atoms in total. The molecule has 0 aliphatic carbocycles. The lowest BCUT2D eigenvalue weighted by molar-refractivity contribution is 0.0600. The second-order valence-corrected chi connectivity index (χ2v) is 6.16. The summed E-state index contributed by atoms with van der Waals surface area (Å²) in [5, 5.41) is 0. The Hall–Kier alpha value is -2.41. The number of benzene rings is 1. The monoisotopic (exact) mass is 306 g/mol. The molecule has 1 heterocycles. The molecule has 0 saturated carbocycles. The number of carbonyl (C=O) groups excluding carboxylic acids is 1. The summed E-state index contributed by atoms with van der Waals surface area (Å²) in [4.78, 5) is 15.9. The van der Waals surface area contributed by atoms with Crippen molar-refractivity contribution in [2.75, 3.05) is 14.2 Å². The van der Waals surface area contributed by atoms with Crippen molar-refractivity contribution in [3.05, 3.63) is 48.2 Å². The van der Waals surface area contributed by atoms with Crippen LogP contribution in [0.1, 0.15) is 10.4 Å². The normalized spacial score (nSPS) is 13.2. The second-order valence-electron chi connectivity index (χ2n) is 4.11. The van der Waals surface area contributed by atoms with E-state index in [1.807, 2.05) is 0 Å². The first-order chi connectivity index (χ1) is 9.98. The van der Waals surface area contributed by atoms with Gasteiger partial charge in [-0.25, -0.2) is 18.8 Å². The minimum Gasteiger partial charge on any atom is -0.481 e. The highest BCUT2D eigenvalue weighted by Crippen LogP contribution is 2.22. The van der Waals surface area contributed by atoms with E-state index in [4.69, 9.17) is 9.52 Å². The molecule has 1 atom stereocenters. The van der Waals surface area contributed by atoms with Gasteiger partial charge in [-0.15, -0.1) is 0 Å². The number of aromatic nitrogens is 1. The van der Waals surface area contributed by atoms with Crippen LogP contribution in [-0.2, 0) is 14.5 Å². The van der Waals surface area contributed by atoms with Gasteiger partial charge in [-0.3, -0.25) is 0 Å². The van der Waals surface area contributed by atoms with Gasteiger partial charge < -0.3 is 9.47 Å². The van der Waals surface area contributed by atoms with Gasteiger partial charge in [-0.1, -0.05) is 0 Å². The molecular formula is C14H14N2O4S. The van der Waals surface area contributed by atoms with Crippen LogP contribution >= 0.6 is 0 Å². The summed E-state index contributed by atoms with van der Waals surface area (Å²) in [5.41, 5.74) is 0.337. The Bertz CT molecular complexity index is 738. The van der Waals surface area contributed by atoms with Gasteiger partial charge in [0.05, 0.1) is 29.6 Å². The van der Waals surface area contributed by atoms with Crippen LogP contribution in [-0.4, -0.2) is 29.4 Å². The minimum atomic E-state index is -3.18. The summed E-state index contributed by atoms with van der Waals surface area (Å²) < 4.78 is 30.2. The Morgan fingerprint density at radius 2 is 1.71 bits per heavy atom. The quantitative estimate of drug-likeness (QED) is 0.876. The number of pyridine rings is 1. The number of hydrogen-bond donors (Lipinski definition) is 1. The summed E-state index contributed by atoms with van der Waals surface area (Å²) in [6.45, 7) is 0. The SMILES string of the molecule is COC(=O)c1ccc(S(=N)(=O)c2ccc(OC)nc2)cc1. The van der Waals surface area contributed by atoms with Gasteiger partial charge in [0.25, 0.3) is 0 Å². The number of carbonyl (C=O) groups is 1. The zero-order valence-electron chi connectivity index (χ0n) is 11.5. The van der Waals surface area contributed by atoms with Gasteiger partial charge in [0.2, 0.25) is 5.88 Å². The fraction of sp³-hybridized carbons (Fsp3) is 0.143. The molecule has 0 fully saturated rings.